The Bertz CT molecular complexity index is 1420. The van der Waals surface area contributed by atoms with Crippen molar-refractivity contribution in [1.82, 2.24) is 0 Å². The van der Waals surface area contributed by atoms with Crippen molar-refractivity contribution in [3.63, 3.8) is 0 Å². The van der Waals surface area contributed by atoms with Gasteiger partial charge in [0.15, 0.2) is 0 Å². The highest BCUT2D eigenvalue weighted by Crippen LogP contribution is 2.48. The summed E-state index contributed by atoms with van der Waals surface area (Å²) in [5.74, 6) is -0.751. The summed E-state index contributed by atoms with van der Waals surface area (Å²) in [4.78, 5) is 25.0. The first-order valence-electron chi connectivity index (χ1n) is 11.5. The summed E-state index contributed by atoms with van der Waals surface area (Å²) < 4.78 is 6.15. The number of nitrogens with one attached hydrogen (secondary N) is 1. The molecule has 0 saturated heterocycles. The van der Waals surface area contributed by atoms with Crippen molar-refractivity contribution in [3.8, 4) is 21.6 Å². The molecule has 5 rings (SSSR count). The maximum absolute atomic E-state index is 12.6. The first-order valence-corrected chi connectivity index (χ1v) is 13.6. The third-order valence-corrected chi connectivity index (χ3v) is 8.83. The van der Waals surface area contributed by atoms with Crippen molar-refractivity contribution in [2.75, 3.05) is 5.32 Å². The highest BCUT2D eigenvalue weighted by molar-refractivity contribution is 7.20. The standard InChI is InChI=1S/C28H24ClNO4S2/c1-16-14-35-15-22(16)17(2)34-27(33)30-23-13-24(29)36-25(23)20-5-3-18(4-6-20)19-7-9-21(10-8-19)28(11-12-28)26(31)32/h3-10,13-15,17H,11-12H2,1-2H3,(H,30,33)(H,31,32)/t17-/m1/s1. The number of carbonyl (C=O) groups is 2. The molecule has 1 amide bonds. The Morgan fingerprint density at radius 3 is 2.19 bits per heavy atom. The molecule has 2 N–H and O–H groups in total. The number of carboxylic acids is 1. The predicted octanol–water partition coefficient (Wildman–Crippen LogP) is 8.53. The van der Waals surface area contributed by atoms with E-state index in [1.54, 1.807) is 17.4 Å². The molecule has 0 aliphatic heterocycles. The second-order valence-corrected chi connectivity index (χ2v) is 11.4. The van der Waals surface area contributed by atoms with Crippen LogP contribution in [-0.2, 0) is 14.9 Å². The van der Waals surface area contributed by atoms with Crippen molar-refractivity contribution >= 4 is 52.0 Å². The number of anilines is 1. The number of aryl methyl sites for hydroxylation is 1. The lowest BCUT2D eigenvalue weighted by Crippen LogP contribution is -2.19. The predicted molar refractivity (Wildman–Crippen MR) is 146 cm³/mol. The second kappa shape index (κ2) is 9.73. The van der Waals surface area contributed by atoms with Crippen molar-refractivity contribution in [2.24, 2.45) is 0 Å². The molecule has 2 aromatic heterocycles. The maximum Gasteiger partial charge on any atom is 0.412 e. The molecule has 0 bridgehead atoms. The van der Waals surface area contributed by atoms with Crippen molar-refractivity contribution in [2.45, 2.75) is 38.2 Å². The van der Waals surface area contributed by atoms with Gasteiger partial charge < -0.3 is 9.84 Å². The third-order valence-electron chi connectivity index (χ3n) is 6.63. The molecule has 1 aliphatic carbocycles. The van der Waals surface area contributed by atoms with Crippen LogP contribution in [0.3, 0.4) is 0 Å². The van der Waals surface area contributed by atoms with Gasteiger partial charge in [0.05, 0.1) is 20.3 Å². The van der Waals surface area contributed by atoms with E-state index in [4.69, 9.17) is 16.3 Å². The Hall–Kier alpha value is -3.13. The van der Waals surface area contributed by atoms with Gasteiger partial charge >= 0.3 is 12.1 Å². The van der Waals surface area contributed by atoms with E-state index in [0.717, 1.165) is 38.3 Å². The molecule has 5 nitrogen and oxygen atoms in total. The highest BCUT2D eigenvalue weighted by Gasteiger charge is 2.51. The molecule has 0 unspecified atom stereocenters. The minimum Gasteiger partial charge on any atom is -0.481 e. The molecule has 1 atom stereocenters. The Kier molecular flexibility index (Phi) is 6.64. The van der Waals surface area contributed by atoms with E-state index >= 15 is 0 Å². The summed E-state index contributed by atoms with van der Waals surface area (Å²) >= 11 is 9.27. The molecular weight excluding hydrogens is 514 g/mol. The molecule has 184 valence electrons. The largest absolute Gasteiger partial charge is 0.481 e. The lowest BCUT2D eigenvalue weighted by atomic mass is 9.93. The molecule has 1 aliphatic rings. The first kappa shape index (κ1) is 24.6. The monoisotopic (exact) mass is 537 g/mol. The molecule has 1 saturated carbocycles. The fourth-order valence-corrected chi connectivity index (χ4v) is 6.48. The molecule has 0 radical (unpaired) electrons. The fourth-order valence-electron chi connectivity index (χ4n) is 4.37. The van der Waals surface area contributed by atoms with E-state index in [1.807, 2.05) is 73.1 Å². The van der Waals surface area contributed by atoms with Gasteiger partial charge in [-0.15, -0.1) is 11.3 Å². The smallest absolute Gasteiger partial charge is 0.412 e. The number of carbonyl (C=O) groups excluding carboxylic acids is 1. The topological polar surface area (TPSA) is 75.6 Å². The van der Waals surface area contributed by atoms with Crippen LogP contribution in [-0.4, -0.2) is 17.2 Å². The Balaban J connectivity index is 1.30. The Labute approximate surface area is 222 Å². The minimum atomic E-state index is -0.751. The summed E-state index contributed by atoms with van der Waals surface area (Å²) in [6, 6.07) is 17.5. The number of halogens is 1. The molecule has 0 spiro atoms. The van der Waals surface area contributed by atoms with Crippen LogP contribution in [0.1, 0.15) is 42.6 Å². The zero-order valence-corrected chi connectivity index (χ0v) is 22.1. The zero-order valence-electron chi connectivity index (χ0n) is 19.7. The quantitative estimate of drug-likeness (QED) is 0.247. The van der Waals surface area contributed by atoms with Crippen LogP contribution < -0.4 is 5.32 Å². The lowest BCUT2D eigenvalue weighted by molar-refractivity contribution is -0.140. The van der Waals surface area contributed by atoms with E-state index in [2.05, 4.69) is 5.32 Å². The van der Waals surface area contributed by atoms with Crippen LogP contribution in [0.25, 0.3) is 21.6 Å². The van der Waals surface area contributed by atoms with Gasteiger partial charge in [-0.25, -0.2) is 4.79 Å². The summed E-state index contributed by atoms with van der Waals surface area (Å²) in [6.07, 6.45) is 0.493. The number of benzene rings is 2. The van der Waals surface area contributed by atoms with Crippen molar-refractivity contribution in [3.05, 3.63) is 86.4 Å². The number of rotatable bonds is 7. The van der Waals surface area contributed by atoms with Gasteiger partial charge in [-0.05, 0) is 71.3 Å². The number of thiophene rings is 2. The van der Waals surface area contributed by atoms with Crippen LogP contribution in [0.4, 0.5) is 10.5 Å². The lowest BCUT2D eigenvalue weighted by Gasteiger charge is -2.14. The van der Waals surface area contributed by atoms with Crippen LogP contribution in [0.5, 0.6) is 0 Å². The maximum atomic E-state index is 12.6. The number of hydrogen-bond acceptors (Lipinski definition) is 5. The summed E-state index contributed by atoms with van der Waals surface area (Å²) in [5, 5.41) is 16.4. The summed E-state index contributed by atoms with van der Waals surface area (Å²) in [7, 11) is 0. The average Bonchev–Trinajstić information content (AvgIpc) is 3.45. The van der Waals surface area contributed by atoms with Gasteiger partial charge in [0.1, 0.15) is 6.10 Å². The SMILES string of the molecule is Cc1cscc1[C@@H](C)OC(=O)Nc1cc(Cl)sc1-c1ccc(-c2ccc(C3(C(=O)O)CC3)cc2)cc1. The van der Waals surface area contributed by atoms with Gasteiger partial charge in [0, 0.05) is 5.56 Å². The normalized spacial score (nSPS) is 14.8. The summed E-state index contributed by atoms with van der Waals surface area (Å²) in [5.41, 5.74) is 5.80. The molecule has 36 heavy (non-hydrogen) atoms. The van der Waals surface area contributed by atoms with Crippen LogP contribution in [0.2, 0.25) is 4.34 Å². The van der Waals surface area contributed by atoms with Crippen LogP contribution in [0, 0.1) is 6.92 Å². The Morgan fingerprint density at radius 2 is 1.64 bits per heavy atom. The minimum absolute atomic E-state index is 0.357. The first-order chi connectivity index (χ1) is 17.3. The molecule has 1 fully saturated rings. The number of aliphatic carboxylic acids is 1. The number of carboxylic acid groups (broad SMARTS) is 1. The molecular formula is C28H24ClNO4S2. The zero-order chi connectivity index (χ0) is 25.4. The summed E-state index contributed by atoms with van der Waals surface area (Å²) in [6.45, 7) is 3.85. The van der Waals surface area contributed by atoms with Gasteiger partial charge in [-0.2, -0.15) is 11.3 Å². The fraction of sp³-hybridized carbons (Fsp3) is 0.214. The van der Waals surface area contributed by atoms with Gasteiger partial charge in [0.2, 0.25) is 0 Å². The number of ether oxygens (including phenoxy) is 1. The van der Waals surface area contributed by atoms with E-state index < -0.39 is 17.5 Å². The highest BCUT2D eigenvalue weighted by atomic mass is 35.5. The number of hydrogen-bond donors (Lipinski definition) is 2. The van der Waals surface area contributed by atoms with Crippen LogP contribution in [0.15, 0.2) is 65.4 Å². The molecule has 8 heteroatoms. The van der Waals surface area contributed by atoms with E-state index in [-0.39, 0.29) is 6.10 Å². The van der Waals surface area contributed by atoms with Gasteiger partial charge in [-0.1, -0.05) is 60.1 Å². The third kappa shape index (κ3) is 4.78. The molecule has 2 aromatic carbocycles. The van der Waals surface area contributed by atoms with Crippen molar-refractivity contribution < 1.29 is 19.4 Å². The Morgan fingerprint density at radius 1 is 1.03 bits per heavy atom. The average molecular weight is 538 g/mol. The number of amides is 1. The van der Waals surface area contributed by atoms with Gasteiger partial charge in [-0.3, -0.25) is 10.1 Å². The van der Waals surface area contributed by atoms with Gasteiger partial charge in [0.25, 0.3) is 0 Å². The molecule has 2 heterocycles. The van der Waals surface area contributed by atoms with E-state index in [1.165, 1.54) is 11.3 Å². The van der Waals surface area contributed by atoms with Crippen LogP contribution >= 0.6 is 34.3 Å². The molecule has 4 aromatic rings. The van der Waals surface area contributed by atoms with E-state index in [9.17, 15) is 14.7 Å². The van der Waals surface area contributed by atoms with Crippen molar-refractivity contribution in [1.29, 1.82) is 0 Å². The second-order valence-electron chi connectivity index (χ2n) is 9.02. The van der Waals surface area contributed by atoms with E-state index in [0.29, 0.717) is 22.9 Å².